The lowest BCUT2D eigenvalue weighted by molar-refractivity contribution is 0.0818. The summed E-state index contributed by atoms with van der Waals surface area (Å²) in [6, 6.07) is 2.09. The Hall–Kier alpha value is -1.32. The van der Waals surface area contributed by atoms with Gasteiger partial charge in [-0.3, -0.25) is 4.79 Å². The van der Waals surface area contributed by atoms with Crippen molar-refractivity contribution in [3.8, 4) is 0 Å². The Morgan fingerprint density at radius 3 is 2.67 bits per heavy atom. The van der Waals surface area contributed by atoms with Crippen LogP contribution in [0, 0.1) is 16.7 Å². The van der Waals surface area contributed by atoms with Crippen molar-refractivity contribution in [2.75, 3.05) is 0 Å². The van der Waals surface area contributed by atoms with Crippen molar-refractivity contribution in [1.82, 2.24) is 10.5 Å². The van der Waals surface area contributed by atoms with Crippen LogP contribution in [0.15, 0.2) is 10.6 Å². The first-order valence-corrected chi connectivity index (χ1v) is 8.19. The number of aromatic nitrogens is 1. The van der Waals surface area contributed by atoms with Gasteiger partial charge in [0, 0.05) is 18.0 Å². The van der Waals surface area contributed by atoms with E-state index in [4.69, 9.17) is 4.52 Å². The average Bonchev–Trinajstić information content (AvgIpc) is 3.08. The largest absolute Gasteiger partial charge is 0.360 e. The predicted molar refractivity (Wildman–Crippen MR) is 79.0 cm³/mol. The molecule has 0 aromatic carbocycles. The molecule has 0 spiro atoms. The number of carbonyl (C=O) groups excluding carboxylic acids is 1. The molecule has 1 amide bonds. The number of rotatable bonds is 3. The van der Waals surface area contributed by atoms with Gasteiger partial charge in [-0.25, -0.2) is 0 Å². The Bertz CT molecular complexity index is 587. The van der Waals surface area contributed by atoms with Crippen LogP contribution in [0.5, 0.6) is 0 Å². The van der Waals surface area contributed by atoms with E-state index < -0.39 is 0 Å². The number of amides is 1. The maximum Gasteiger partial charge on any atom is 0.273 e. The molecule has 0 saturated heterocycles. The molecular formula is C17H24N2O2. The fraction of sp³-hybridized carbons (Fsp3) is 0.765. The van der Waals surface area contributed by atoms with Crippen LogP contribution in [-0.2, 0) is 0 Å². The van der Waals surface area contributed by atoms with Gasteiger partial charge in [-0.2, -0.15) is 0 Å². The number of nitrogens with one attached hydrogen (secondary N) is 1. The van der Waals surface area contributed by atoms with Crippen molar-refractivity contribution < 1.29 is 9.32 Å². The molecule has 0 unspecified atom stereocenters. The monoisotopic (exact) mass is 288 g/mol. The third kappa shape index (κ3) is 1.80. The first kappa shape index (κ1) is 13.4. The lowest BCUT2D eigenvalue weighted by Gasteiger charge is -2.39. The summed E-state index contributed by atoms with van der Waals surface area (Å²) in [4.78, 5) is 12.5. The molecule has 4 nitrogen and oxygen atoms in total. The molecule has 3 aliphatic rings. The highest BCUT2D eigenvalue weighted by molar-refractivity contribution is 5.92. The quantitative estimate of drug-likeness (QED) is 0.926. The molecule has 2 bridgehead atoms. The Morgan fingerprint density at radius 1 is 1.33 bits per heavy atom. The highest BCUT2D eigenvalue weighted by Gasteiger charge is 2.61. The second kappa shape index (κ2) is 4.11. The zero-order chi connectivity index (χ0) is 14.8. The highest BCUT2D eigenvalue weighted by Crippen LogP contribution is 2.65. The number of fused-ring (bicyclic) bond motifs is 2. The van der Waals surface area contributed by atoms with Gasteiger partial charge >= 0.3 is 0 Å². The van der Waals surface area contributed by atoms with Crippen molar-refractivity contribution in [2.45, 2.75) is 64.8 Å². The van der Waals surface area contributed by atoms with Crippen molar-refractivity contribution in [3.05, 3.63) is 17.5 Å². The van der Waals surface area contributed by atoms with E-state index in [1.165, 1.54) is 12.8 Å². The normalized spacial score (nSPS) is 36.9. The molecule has 1 aromatic rings. The average molecular weight is 288 g/mol. The van der Waals surface area contributed by atoms with E-state index in [1.54, 1.807) is 0 Å². The minimum Gasteiger partial charge on any atom is -0.360 e. The van der Waals surface area contributed by atoms with Crippen LogP contribution in [-0.4, -0.2) is 17.1 Å². The van der Waals surface area contributed by atoms with Crippen LogP contribution in [0.3, 0.4) is 0 Å². The Morgan fingerprint density at radius 2 is 2.10 bits per heavy atom. The van der Waals surface area contributed by atoms with Crippen LogP contribution in [0.25, 0.3) is 0 Å². The number of nitrogens with zero attached hydrogens (tertiary/aromatic N) is 1. The van der Waals surface area contributed by atoms with Gasteiger partial charge in [-0.05, 0) is 48.9 Å². The minimum atomic E-state index is -0.0692. The molecule has 21 heavy (non-hydrogen) atoms. The van der Waals surface area contributed by atoms with Crippen LogP contribution >= 0.6 is 0 Å². The first-order chi connectivity index (χ1) is 9.92. The van der Waals surface area contributed by atoms with Crippen molar-refractivity contribution >= 4 is 5.91 Å². The predicted octanol–water partition coefficient (Wildman–Crippen LogP) is 3.50. The summed E-state index contributed by atoms with van der Waals surface area (Å²) in [5.41, 5.74) is 0.964. The van der Waals surface area contributed by atoms with Gasteiger partial charge in [0.15, 0.2) is 5.69 Å². The molecule has 0 radical (unpaired) electrons. The van der Waals surface area contributed by atoms with Crippen molar-refractivity contribution in [2.24, 2.45) is 16.7 Å². The third-order valence-electron chi connectivity index (χ3n) is 6.84. The molecule has 0 aliphatic heterocycles. The maximum absolute atomic E-state index is 12.5. The fourth-order valence-electron chi connectivity index (χ4n) is 4.61. The van der Waals surface area contributed by atoms with E-state index in [-0.39, 0.29) is 17.4 Å². The lowest BCUT2D eigenvalue weighted by atomic mass is 9.69. The smallest absolute Gasteiger partial charge is 0.273 e. The summed E-state index contributed by atoms with van der Waals surface area (Å²) in [5, 5.41) is 7.19. The van der Waals surface area contributed by atoms with Gasteiger partial charge in [0.05, 0.1) is 0 Å². The molecule has 1 aromatic heterocycles. The third-order valence-corrected chi connectivity index (χ3v) is 6.84. The SMILES string of the molecule is CC1(C)[C@H]2CC[C@@]1(C)[C@H](NC(=O)c1cc(C3CC3)on1)C2. The number of hydrogen-bond donors (Lipinski definition) is 1. The maximum atomic E-state index is 12.5. The second-order valence-corrected chi connectivity index (χ2v) is 8.03. The second-order valence-electron chi connectivity index (χ2n) is 8.03. The van der Waals surface area contributed by atoms with E-state index in [9.17, 15) is 4.79 Å². The van der Waals surface area contributed by atoms with E-state index in [2.05, 4.69) is 31.2 Å². The molecule has 3 aliphatic carbocycles. The molecule has 114 valence electrons. The van der Waals surface area contributed by atoms with E-state index in [0.717, 1.165) is 30.9 Å². The van der Waals surface area contributed by atoms with Crippen LogP contribution < -0.4 is 5.32 Å². The van der Waals surface area contributed by atoms with Gasteiger partial charge in [-0.15, -0.1) is 0 Å². The lowest BCUT2D eigenvalue weighted by Crippen LogP contribution is -2.46. The summed E-state index contributed by atoms with van der Waals surface area (Å²) < 4.78 is 5.29. The summed E-state index contributed by atoms with van der Waals surface area (Å²) in [6.07, 6.45) is 5.93. The van der Waals surface area contributed by atoms with E-state index >= 15 is 0 Å². The molecule has 3 saturated carbocycles. The van der Waals surface area contributed by atoms with Crippen molar-refractivity contribution in [3.63, 3.8) is 0 Å². The van der Waals surface area contributed by atoms with Gasteiger partial charge in [0.25, 0.3) is 5.91 Å². The number of hydrogen-bond acceptors (Lipinski definition) is 3. The van der Waals surface area contributed by atoms with Crippen LogP contribution in [0.1, 0.15) is 75.0 Å². The van der Waals surface area contributed by atoms with Crippen molar-refractivity contribution in [1.29, 1.82) is 0 Å². The first-order valence-electron chi connectivity index (χ1n) is 8.19. The Balaban J connectivity index is 1.50. The summed E-state index contributed by atoms with van der Waals surface area (Å²) in [6.45, 7) is 7.06. The van der Waals surface area contributed by atoms with Crippen LogP contribution in [0.2, 0.25) is 0 Å². The fourth-order valence-corrected chi connectivity index (χ4v) is 4.61. The van der Waals surface area contributed by atoms with Gasteiger partial charge in [0.2, 0.25) is 0 Å². The minimum absolute atomic E-state index is 0.0692. The molecule has 4 rings (SSSR count). The Labute approximate surface area is 125 Å². The summed E-state index contributed by atoms with van der Waals surface area (Å²) in [5.74, 6) is 2.03. The molecule has 3 atom stereocenters. The molecule has 1 heterocycles. The van der Waals surface area contributed by atoms with Crippen LogP contribution in [0.4, 0.5) is 0 Å². The Kier molecular flexibility index (Phi) is 2.61. The highest BCUT2D eigenvalue weighted by atomic mass is 16.5. The summed E-state index contributed by atoms with van der Waals surface area (Å²) >= 11 is 0. The van der Waals surface area contributed by atoms with Gasteiger partial charge < -0.3 is 9.84 Å². The summed E-state index contributed by atoms with van der Waals surface area (Å²) in [7, 11) is 0. The molecule has 3 fully saturated rings. The standard InChI is InChI=1S/C17H24N2O2/c1-16(2)11-6-7-17(16,3)14(8-11)18-15(20)12-9-13(21-19-12)10-4-5-10/h9-11,14H,4-8H2,1-3H3,(H,18,20)/t11-,14+,17-/m0/s1. The van der Waals surface area contributed by atoms with Gasteiger partial charge in [-0.1, -0.05) is 25.9 Å². The molecule has 4 heteroatoms. The van der Waals surface area contributed by atoms with Gasteiger partial charge in [0.1, 0.15) is 5.76 Å². The zero-order valence-corrected chi connectivity index (χ0v) is 13.1. The number of carbonyl (C=O) groups is 1. The molecular weight excluding hydrogens is 264 g/mol. The van der Waals surface area contributed by atoms with E-state index in [0.29, 0.717) is 17.0 Å². The van der Waals surface area contributed by atoms with E-state index in [1.807, 2.05) is 6.07 Å². The zero-order valence-electron chi connectivity index (χ0n) is 13.1. The topological polar surface area (TPSA) is 55.1 Å². The molecule has 1 N–H and O–H groups in total.